The van der Waals surface area contributed by atoms with E-state index in [4.69, 9.17) is 15.2 Å². The lowest BCUT2D eigenvalue weighted by Crippen LogP contribution is -2.50. The van der Waals surface area contributed by atoms with E-state index in [1.165, 1.54) is 12.8 Å². The van der Waals surface area contributed by atoms with Crippen LogP contribution in [-0.2, 0) is 9.47 Å². The molecular weight excluding hydrogens is 166 g/mol. The van der Waals surface area contributed by atoms with Crippen molar-refractivity contribution in [3.8, 4) is 0 Å². The Morgan fingerprint density at radius 2 is 1.85 bits per heavy atom. The predicted octanol–water partition coefficient (Wildman–Crippen LogP) is 1.41. The Bertz CT molecular complexity index is 197. The van der Waals surface area contributed by atoms with Crippen LogP contribution in [-0.4, -0.2) is 24.0 Å². The van der Waals surface area contributed by atoms with Crippen LogP contribution in [0.4, 0.5) is 0 Å². The van der Waals surface area contributed by atoms with Crippen LogP contribution in [0.15, 0.2) is 0 Å². The highest BCUT2D eigenvalue weighted by Crippen LogP contribution is 2.37. The van der Waals surface area contributed by atoms with Gasteiger partial charge in [0.25, 0.3) is 0 Å². The average molecular weight is 185 g/mol. The van der Waals surface area contributed by atoms with Gasteiger partial charge in [0, 0.05) is 5.54 Å². The first-order valence-electron chi connectivity index (χ1n) is 5.13. The summed E-state index contributed by atoms with van der Waals surface area (Å²) < 4.78 is 11.3. The summed E-state index contributed by atoms with van der Waals surface area (Å²) >= 11 is 0. The van der Waals surface area contributed by atoms with Gasteiger partial charge in [-0.3, -0.25) is 0 Å². The van der Waals surface area contributed by atoms with Crippen molar-refractivity contribution in [1.82, 2.24) is 0 Å². The van der Waals surface area contributed by atoms with Crippen molar-refractivity contribution >= 4 is 0 Å². The van der Waals surface area contributed by atoms with E-state index in [2.05, 4.69) is 0 Å². The largest absolute Gasteiger partial charge is 0.348 e. The number of nitrogens with two attached hydrogens (primary N) is 1. The lowest BCUT2D eigenvalue weighted by atomic mass is 9.92. The van der Waals surface area contributed by atoms with Crippen LogP contribution in [0, 0.1) is 0 Å². The molecule has 0 amide bonds. The van der Waals surface area contributed by atoms with Crippen molar-refractivity contribution in [3.63, 3.8) is 0 Å². The van der Waals surface area contributed by atoms with E-state index in [0.29, 0.717) is 6.61 Å². The first kappa shape index (κ1) is 9.44. The fourth-order valence-corrected chi connectivity index (χ4v) is 2.33. The zero-order chi connectivity index (χ0) is 9.53. The molecule has 1 aliphatic heterocycles. The summed E-state index contributed by atoms with van der Waals surface area (Å²) in [5.74, 6) is -0.431. The highest BCUT2D eigenvalue weighted by atomic mass is 16.7. The minimum atomic E-state index is -0.431. The summed E-state index contributed by atoms with van der Waals surface area (Å²) in [5.41, 5.74) is 6.16. The number of hydrogen-bond acceptors (Lipinski definition) is 3. The predicted molar refractivity (Wildman–Crippen MR) is 50.3 cm³/mol. The Hall–Kier alpha value is -0.120. The first-order chi connectivity index (χ1) is 6.02. The second-order valence-corrected chi connectivity index (χ2v) is 4.76. The second-order valence-electron chi connectivity index (χ2n) is 4.76. The summed E-state index contributed by atoms with van der Waals surface area (Å²) in [4.78, 5) is 0. The lowest BCUT2D eigenvalue weighted by Gasteiger charge is -2.30. The van der Waals surface area contributed by atoms with Crippen molar-refractivity contribution in [2.24, 2.45) is 5.73 Å². The molecule has 2 fully saturated rings. The molecule has 2 N–H and O–H groups in total. The average Bonchev–Trinajstić information content (AvgIpc) is 2.58. The molecule has 0 aromatic carbocycles. The van der Waals surface area contributed by atoms with Gasteiger partial charge < -0.3 is 15.2 Å². The number of ether oxygens (including phenoxy) is 2. The molecule has 0 bridgehead atoms. The van der Waals surface area contributed by atoms with Gasteiger partial charge >= 0.3 is 0 Å². The molecule has 3 heteroatoms. The Morgan fingerprint density at radius 3 is 2.31 bits per heavy atom. The van der Waals surface area contributed by atoms with Crippen molar-refractivity contribution in [3.05, 3.63) is 0 Å². The van der Waals surface area contributed by atoms with Crippen molar-refractivity contribution in [2.45, 2.75) is 57.0 Å². The molecule has 1 saturated heterocycles. The summed E-state index contributed by atoms with van der Waals surface area (Å²) in [5, 5.41) is 0. The Morgan fingerprint density at radius 1 is 1.23 bits per heavy atom. The molecule has 1 aliphatic carbocycles. The van der Waals surface area contributed by atoms with Crippen LogP contribution >= 0.6 is 0 Å². The van der Waals surface area contributed by atoms with Crippen LogP contribution in [0.1, 0.15) is 39.5 Å². The highest BCUT2D eigenvalue weighted by molar-refractivity contribution is 4.98. The van der Waals surface area contributed by atoms with Crippen LogP contribution in [0.2, 0.25) is 0 Å². The van der Waals surface area contributed by atoms with Gasteiger partial charge in [-0.05, 0) is 26.7 Å². The molecular formula is C10H19NO2. The normalized spacial score (nSPS) is 36.7. The van der Waals surface area contributed by atoms with Gasteiger partial charge in [-0.15, -0.1) is 0 Å². The van der Waals surface area contributed by atoms with Gasteiger partial charge in [0.2, 0.25) is 0 Å². The summed E-state index contributed by atoms with van der Waals surface area (Å²) in [6.07, 6.45) is 4.73. The van der Waals surface area contributed by atoms with E-state index < -0.39 is 5.79 Å². The third kappa shape index (κ3) is 1.73. The summed E-state index contributed by atoms with van der Waals surface area (Å²) in [6.45, 7) is 4.56. The molecule has 2 aliphatic rings. The minimum absolute atomic E-state index is 0.102. The van der Waals surface area contributed by atoms with Gasteiger partial charge in [0.05, 0.1) is 6.61 Å². The fourth-order valence-electron chi connectivity index (χ4n) is 2.33. The second kappa shape index (κ2) is 2.94. The van der Waals surface area contributed by atoms with Crippen molar-refractivity contribution in [2.75, 3.05) is 6.61 Å². The number of hydrogen-bond donors (Lipinski definition) is 1. The van der Waals surface area contributed by atoms with Gasteiger partial charge in [-0.2, -0.15) is 0 Å². The standard InChI is InChI=1S/C10H19NO2/c1-9(2)12-7-8(13-9)10(11)5-3-4-6-10/h8H,3-7,11H2,1-2H3. The molecule has 0 spiro atoms. The molecule has 76 valence electrons. The van der Waals surface area contributed by atoms with E-state index in [-0.39, 0.29) is 11.6 Å². The van der Waals surface area contributed by atoms with E-state index in [9.17, 15) is 0 Å². The van der Waals surface area contributed by atoms with Crippen LogP contribution in [0.5, 0.6) is 0 Å². The van der Waals surface area contributed by atoms with Gasteiger partial charge in [-0.25, -0.2) is 0 Å². The smallest absolute Gasteiger partial charge is 0.163 e. The van der Waals surface area contributed by atoms with E-state index >= 15 is 0 Å². The van der Waals surface area contributed by atoms with Crippen LogP contribution in [0.3, 0.4) is 0 Å². The maximum atomic E-state index is 6.28. The van der Waals surface area contributed by atoms with Gasteiger partial charge in [-0.1, -0.05) is 12.8 Å². The zero-order valence-electron chi connectivity index (χ0n) is 8.51. The van der Waals surface area contributed by atoms with Crippen LogP contribution < -0.4 is 5.73 Å². The maximum absolute atomic E-state index is 6.28. The van der Waals surface area contributed by atoms with E-state index in [1.807, 2.05) is 13.8 Å². The molecule has 0 radical (unpaired) electrons. The summed E-state index contributed by atoms with van der Waals surface area (Å²) in [7, 11) is 0. The zero-order valence-corrected chi connectivity index (χ0v) is 8.51. The Labute approximate surface area is 79.6 Å². The molecule has 3 nitrogen and oxygen atoms in total. The molecule has 0 aromatic heterocycles. The van der Waals surface area contributed by atoms with E-state index in [1.54, 1.807) is 0 Å². The molecule has 2 rings (SSSR count). The van der Waals surface area contributed by atoms with Crippen molar-refractivity contribution in [1.29, 1.82) is 0 Å². The van der Waals surface area contributed by atoms with E-state index in [0.717, 1.165) is 12.8 Å². The third-order valence-corrected chi connectivity index (χ3v) is 3.18. The Kier molecular flexibility index (Phi) is 2.13. The third-order valence-electron chi connectivity index (χ3n) is 3.18. The molecule has 1 atom stereocenters. The van der Waals surface area contributed by atoms with Gasteiger partial charge in [0.15, 0.2) is 5.79 Å². The maximum Gasteiger partial charge on any atom is 0.163 e. The quantitative estimate of drug-likeness (QED) is 0.671. The van der Waals surface area contributed by atoms with Gasteiger partial charge in [0.1, 0.15) is 6.10 Å². The Balaban J connectivity index is 2.02. The first-order valence-corrected chi connectivity index (χ1v) is 5.13. The highest BCUT2D eigenvalue weighted by Gasteiger charge is 2.45. The minimum Gasteiger partial charge on any atom is -0.348 e. The monoisotopic (exact) mass is 185 g/mol. The molecule has 1 unspecified atom stereocenters. The molecule has 1 heterocycles. The van der Waals surface area contributed by atoms with Crippen molar-refractivity contribution < 1.29 is 9.47 Å². The topological polar surface area (TPSA) is 44.5 Å². The SMILES string of the molecule is CC1(C)OCC(C2(N)CCCC2)O1. The van der Waals surface area contributed by atoms with Crippen LogP contribution in [0.25, 0.3) is 0 Å². The molecule has 1 saturated carbocycles. The summed E-state index contributed by atoms with van der Waals surface area (Å²) in [6, 6.07) is 0. The lowest BCUT2D eigenvalue weighted by molar-refractivity contribution is -0.146. The molecule has 0 aromatic rings. The number of rotatable bonds is 1. The fraction of sp³-hybridized carbons (Fsp3) is 1.00. The molecule has 13 heavy (non-hydrogen) atoms.